The number of benzene rings is 2. The fraction of sp³-hybridized carbons (Fsp3) is 0.333. The number of hydrogen-bond donors (Lipinski definition) is 0. The lowest BCUT2D eigenvalue weighted by Gasteiger charge is -2.25. The minimum atomic E-state index is -0.456. The van der Waals surface area contributed by atoms with Crippen molar-refractivity contribution in [2.24, 2.45) is 0 Å². The maximum Gasteiger partial charge on any atom is 0.262 e. The molecule has 2 aromatic carbocycles. The van der Waals surface area contributed by atoms with E-state index in [0.29, 0.717) is 40.7 Å². The van der Waals surface area contributed by atoms with Gasteiger partial charge in [-0.2, -0.15) is 0 Å². The Kier molecular flexibility index (Phi) is 5.59. The third-order valence-corrected chi connectivity index (χ3v) is 7.24. The summed E-state index contributed by atoms with van der Waals surface area (Å²) in [5.41, 5.74) is 2.35. The Labute approximate surface area is 194 Å². The van der Waals surface area contributed by atoms with Crippen LogP contribution in [0, 0.1) is 6.92 Å². The summed E-state index contributed by atoms with van der Waals surface area (Å²) in [6.07, 6.45) is 1.65. The topological polar surface area (TPSA) is 89.0 Å². The van der Waals surface area contributed by atoms with E-state index in [1.165, 1.54) is 11.3 Å². The molecule has 33 heavy (non-hydrogen) atoms. The zero-order chi connectivity index (χ0) is 23.1. The Morgan fingerprint density at radius 2 is 1.94 bits per heavy atom. The first-order valence-electron chi connectivity index (χ1n) is 10.8. The van der Waals surface area contributed by atoms with E-state index >= 15 is 0 Å². The highest BCUT2D eigenvalue weighted by Gasteiger charge is 2.38. The van der Waals surface area contributed by atoms with E-state index in [1.807, 2.05) is 19.1 Å². The fourth-order valence-corrected chi connectivity index (χ4v) is 5.34. The van der Waals surface area contributed by atoms with Crippen molar-refractivity contribution >= 4 is 44.4 Å². The fourth-order valence-electron chi connectivity index (χ4n) is 4.26. The van der Waals surface area contributed by atoms with E-state index in [-0.39, 0.29) is 18.6 Å². The molecule has 170 valence electrons. The van der Waals surface area contributed by atoms with Gasteiger partial charge in [-0.25, -0.2) is 4.98 Å². The molecule has 9 heteroatoms. The van der Waals surface area contributed by atoms with Crippen LogP contribution in [0.5, 0.6) is 5.75 Å². The van der Waals surface area contributed by atoms with Crippen LogP contribution in [0.3, 0.4) is 0 Å². The van der Waals surface area contributed by atoms with Gasteiger partial charge in [0.25, 0.3) is 11.8 Å². The van der Waals surface area contributed by atoms with Crippen molar-refractivity contribution in [1.82, 2.24) is 9.88 Å². The van der Waals surface area contributed by atoms with E-state index in [1.54, 1.807) is 36.3 Å². The van der Waals surface area contributed by atoms with Crippen LogP contribution in [0.2, 0.25) is 0 Å². The van der Waals surface area contributed by atoms with Crippen LogP contribution in [0.4, 0.5) is 5.13 Å². The van der Waals surface area contributed by atoms with Crippen LogP contribution in [0.1, 0.15) is 39.1 Å². The monoisotopic (exact) mass is 465 g/mol. The summed E-state index contributed by atoms with van der Waals surface area (Å²) in [6, 6.07) is 10.4. The highest BCUT2D eigenvalue weighted by Crippen LogP contribution is 2.37. The van der Waals surface area contributed by atoms with Crippen molar-refractivity contribution in [3.63, 3.8) is 0 Å². The van der Waals surface area contributed by atoms with Crippen LogP contribution < -0.4 is 9.64 Å². The number of rotatable bonds is 6. The number of amides is 3. The zero-order valence-electron chi connectivity index (χ0n) is 18.4. The van der Waals surface area contributed by atoms with Crippen LogP contribution in [-0.4, -0.2) is 60.5 Å². The van der Waals surface area contributed by atoms with E-state index in [9.17, 15) is 14.4 Å². The van der Waals surface area contributed by atoms with E-state index in [2.05, 4.69) is 0 Å². The summed E-state index contributed by atoms with van der Waals surface area (Å²) in [5, 5.41) is 0.495. The Morgan fingerprint density at radius 1 is 1.21 bits per heavy atom. The standard InChI is InChI=1S/C24H23N3O5S/c1-14-9-10-18(31-2)20-21(14)33-24(25-20)26(12-15-6-5-11-32-15)19(28)13-27-22(29)16-7-3-4-8-17(16)23(27)30/h3-4,7-10,15H,5-6,11-13H2,1-2H3. The molecule has 2 aliphatic rings. The second-order valence-electron chi connectivity index (χ2n) is 8.14. The Hall–Kier alpha value is -3.30. The van der Waals surface area contributed by atoms with E-state index in [4.69, 9.17) is 14.5 Å². The van der Waals surface area contributed by atoms with Crippen LogP contribution in [0.25, 0.3) is 10.2 Å². The van der Waals surface area contributed by atoms with Crippen molar-refractivity contribution in [3.8, 4) is 5.75 Å². The van der Waals surface area contributed by atoms with Gasteiger partial charge in [-0.3, -0.25) is 24.2 Å². The first-order chi connectivity index (χ1) is 16.0. The van der Waals surface area contributed by atoms with Crippen molar-refractivity contribution < 1.29 is 23.9 Å². The third kappa shape index (κ3) is 3.77. The quantitative estimate of drug-likeness (QED) is 0.519. The molecule has 1 unspecified atom stereocenters. The smallest absolute Gasteiger partial charge is 0.262 e. The molecule has 0 bridgehead atoms. The number of thiazole rings is 1. The average Bonchev–Trinajstić information content (AvgIpc) is 3.55. The SMILES string of the molecule is COc1ccc(C)c2sc(N(CC3CCCO3)C(=O)CN3C(=O)c4ccccc4C3=O)nc12. The van der Waals surface area contributed by atoms with E-state index < -0.39 is 11.8 Å². The summed E-state index contributed by atoms with van der Waals surface area (Å²) in [6.45, 7) is 2.58. The molecule has 0 saturated carbocycles. The molecule has 3 heterocycles. The second kappa shape index (κ2) is 8.57. The number of nitrogens with zero attached hydrogens (tertiary/aromatic N) is 3. The third-order valence-electron chi connectivity index (χ3n) is 6.03. The summed E-state index contributed by atoms with van der Waals surface area (Å²) < 4.78 is 12.2. The normalized spacial score (nSPS) is 17.6. The van der Waals surface area contributed by atoms with Gasteiger partial charge in [0.2, 0.25) is 5.91 Å². The van der Waals surface area contributed by atoms with Gasteiger partial charge in [0.15, 0.2) is 5.13 Å². The minimum Gasteiger partial charge on any atom is -0.494 e. The maximum atomic E-state index is 13.5. The van der Waals surface area contributed by atoms with Gasteiger partial charge in [0.05, 0.1) is 35.6 Å². The molecule has 1 aromatic heterocycles. The lowest BCUT2D eigenvalue weighted by Crippen LogP contribution is -2.45. The summed E-state index contributed by atoms with van der Waals surface area (Å²) >= 11 is 1.39. The van der Waals surface area contributed by atoms with Crippen LogP contribution >= 0.6 is 11.3 Å². The van der Waals surface area contributed by atoms with Crippen molar-refractivity contribution in [1.29, 1.82) is 0 Å². The first-order valence-corrected chi connectivity index (χ1v) is 11.6. The largest absolute Gasteiger partial charge is 0.494 e. The number of anilines is 1. The molecule has 0 spiro atoms. The van der Waals surface area contributed by atoms with Gasteiger partial charge in [0.1, 0.15) is 17.8 Å². The molecule has 2 aliphatic heterocycles. The lowest BCUT2D eigenvalue weighted by atomic mass is 10.1. The van der Waals surface area contributed by atoms with Crippen molar-refractivity contribution in [2.75, 3.05) is 31.7 Å². The molecule has 0 radical (unpaired) electrons. The number of aryl methyl sites for hydroxylation is 1. The van der Waals surface area contributed by atoms with Gasteiger partial charge in [0, 0.05) is 6.61 Å². The molecule has 0 N–H and O–H groups in total. The molecule has 5 rings (SSSR count). The average molecular weight is 466 g/mol. The molecule has 3 aromatic rings. The van der Waals surface area contributed by atoms with Crippen LogP contribution in [-0.2, 0) is 9.53 Å². The summed E-state index contributed by atoms with van der Waals surface area (Å²) in [4.78, 5) is 46.4. The molecule has 1 saturated heterocycles. The molecule has 0 aliphatic carbocycles. The molecule has 8 nitrogen and oxygen atoms in total. The summed E-state index contributed by atoms with van der Waals surface area (Å²) in [5.74, 6) is -0.663. The zero-order valence-corrected chi connectivity index (χ0v) is 19.2. The number of methoxy groups -OCH3 is 1. The minimum absolute atomic E-state index is 0.119. The number of aromatic nitrogens is 1. The van der Waals surface area contributed by atoms with Gasteiger partial charge in [-0.05, 0) is 43.5 Å². The number of ether oxygens (including phenoxy) is 2. The predicted octanol–water partition coefficient (Wildman–Crippen LogP) is 3.42. The lowest BCUT2D eigenvalue weighted by molar-refractivity contribution is -0.119. The number of imide groups is 1. The Balaban J connectivity index is 1.48. The van der Waals surface area contributed by atoms with Gasteiger partial charge in [-0.15, -0.1) is 0 Å². The first kappa shape index (κ1) is 21.5. The molecule has 1 fully saturated rings. The Morgan fingerprint density at radius 3 is 2.58 bits per heavy atom. The number of fused-ring (bicyclic) bond motifs is 2. The predicted molar refractivity (Wildman–Crippen MR) is 124 cm³/mol. The molecular formula is C24H23N3O5S. The van der Waals surface area contributed by atoms with Crippen LogP contribution in [0.15, 0.2) is 36.4 Å². The second-order valence-corrected chi connectivity index (χ2v) is 9.12. The number of hydrogen-bond acceptors (Lipinski definition) is 7. The van der Waals surface area contributed by atoms with Crippen molar-refractivity contribution in [3.05, 3.63) is 53.1 Å². The highest BCUT2D eigenvalue weighted by atomic mass is 32.1. The maximum absolute atomic E-state index is 13.5. The Bertz CT molecular complexity index is 1230. The molecule has 1 atom stereocenters. The summed E-state index contributed by atoms with van der Waals surface area (Å²) in [7, 11) is 1.58. The van der Waals surface area contributed by atoms with E-state index in [0.717, 1.165) is 28.0 Å². The number of carbonyl (C=O) groups excluding carboxylic acids is 3. The molecule has 3 amide bonds. The number of carbonyl (C=O) groups is 3. The molecular weight excluding hydrogens is 442 g/mol. The van der Waals surface area contributed by atoms with Gasteiger partial charge >= 0.3 is 0 Å². The van der Waals surface area contributed by atoms with Gasteiger partial charge in [-0.1, -0.05) is 29.5 Å². The van der Waals surface area contributed by atoms with Gasteiger partial charge < -0.3 is 9.47 Å². The van der Waals surface area contributed by atoms with Crippen molar-refractivity contribution in [2.45, 2.75) is 25.9 Å². The highest BCUT2D eigenvalue weighted by molar-refractivity contribution is 7.22.